The van der Waals surface area contributed by atoms with Gasteiger partial charge in [0.1, 0.15) is 0 Å². The lowest BCUT2D eigenvalue weighted by molar-refractivity contribution is 1.45. The summed E-state index contributed by atoms with van der Waals surface area (Å²) < 4.78 is 0. The van der Waals surface area contributed by atoms with Gasteiger partial charge in [0.25, 0.3) is 0 Å². The first kappa shape index (κ1) is 9.01. The largest absolute Gasteiger partial charge is 0.149 e. The number of halogens is 1. The molecule has 1 aromatic heterocycles. The molecule has 0 spiro atoms. The van der Waals surface area contributed by atoms with Gasteiger partial charge in [0.05, 0.1) is 0 Å². The Morgan fingerprint density at radius 2 is 2.45 bits per heavy atom. The lowest BCUT2D eigenvalue weighted by atomic mass is 10.2. The van der Waals surface area contributed by atoms with Crippen molar-refractivity contribution in [2.24, 2.45) is 0 Å². The summed E-state index contributed by atoms with van der Waals surface area (Å²) in [4.78, 5) is 1.39. The summed E-state index contributed by atoms with van der Waals surface area (Å²) in [6, 6.07) is 2.16. The molecule has 0 saturated heterocycles. The van der Waals surface area contributed by atoms with Crippen molar-refractivity contribution in [1.29, 1.82) is 0 Å². The highest BCUT2D eigenvalue weighted by atomic mass is 79.9. The minimum Gasteiger partial charge on any atom is -0.149 e. The number of aryl methyl sites for hydroxylation is 1. The third kappa shape index (κ3) is 2.46. The Kier molecular flexibility index (Phi) is 3.34. The highest BCUT2D eigenvalue weighted by molar-refractivity contribution is 9.09. The number of rotatable bonds is 2. The van der Waals surface area contributed by atoms with Gasteiger partial charge in [0.2, 0.25) is 0 Å². The first-order valence-corrected chi connectivity index (χ1v) is 5.51. The number of allylic oxidation sites excluding steroid dienone is 1. The molecule has 0 unspecified atom stereocenters. The maximum atomic E-state index is 3.42. The van der Waals surface area contributed by atoms with Crippen molar-refractivity contribution in [3.05, 3.63) is 27.5 Å². The standard InChI is InChI=1S/C9H11BrS/c1-7(6-10)5-9-3-4-11-8(9)2/h3-5H,6H2,1-2H3/b7-5-. The molecular formula is C9H11BrS. The Bertz CT molecular complexity index is 260. The van der Waals surface area contributed by atoms with Gasteiger partial charge >= 0.3 is 0 Å². The first-order valence-electron chi connectivity index (χ1n) is 3.51. The highest BCUT2D eigenvalue weighted by Gasteiger charge is 1.94. The molecule has 0 saturated carbocycles. The molecule has 0 bridgehead atoms. The van der Waals surface area contributed by atoms with Crippen LogP contribution in [0.1, 0.15) is 17.4 Å². The molecule has 0 nitrogen and oxygen atoms in total. The predicted molar refractivity (Wildman–Crippen MR) is 56.5 cm³/mol. The van der Waals surface area contributed by atoms with Crippen LogP contribution in [0.3, 0.4) is 0 Å². The second-order valence-electron chi connectivity index (χ2n) is 2.56. The predicted octanol–water partition coefficient (Wildman–Crippen LogP) is 3.85. The summed E-state index contributed by atoms with van der Waals surface area (Å²) in [7, 11) is 0. The number of alkyl halides is 1. The molecule has 0 atom stereocenters. The molecule has 1 aromatic rings. The van der Waals surface area contributed by atoms with Gasteiger partial charge in [-0.15, -0.1) is 11.3 Å². The van der Waals surface area contributed by atoms with Crippen LogP contribution in [0.5, 0.6) is 0 Å². The molecule has 0 aliphatic carbocycles. The number of hydrogen-bond donors (Lipinski definition) is 0. The molecule has 0 N–H and O–H groups in total. The van der Waals surface area contributed by atoms with Crippen LogP contribution in [0.4, 0.5) is 0 Å². The SMILES string of the molecule is C/C(=C/c1ccsc1C)CBr. The molecule has 0 fully saturated rings. The quantitative estimate of drug-likeness (QED) is 0.678. The molecule has 0 aromatic carbocycles. The summed E-state index contributed by atoms with van der Waals surface area (Å²) in [5, 5.41) is 3.09. The van der Waals surface area contributed by atoms with Crippen molar-refractivity contribution in [1.82, 2.24) is 0 Å². The van der Waals surface area contributed by atoms with Gasteiger partial charge in [0, 0.05) is 10.2 Å². The Labute approximate surface area is 80.1 Å². The fourth-order valence-corrected chi connectivity index (χ4v) is 1.69. The number of hydrogen-bond acceptors (Lipinski definition) is 1. The van der Waals surface area contributed by atoms with Gasteiger partial charge in [-0.1, -0.05) is 27.6 Å². The van der Waals surface area contributed by atoms with Crippen LogP contribution in [0.25, 0.3) is 6.08 Å². The van der Waals surface area contributed by atoms with Crippen molar-refractivity contribution >= 4 is 33.3 Å². The molecule has 1 rings (SSSR count). The topological polar surface area (TPSA) is 0 Å². The van der Waals surface area contributed by atoms with Crippen LogP contribution < -0.4 is 0 Å². The minimum absolute atomic E-state index is 0.961. The van der Waals surface area contributed by atoms with Gasteiger partial charge in [-0.25, -0.2) is 0 Å². The van der Waals surface area contributed by atoms with Gasteiger partial charge in [-0.05, 0) is 30.9 Å². The zero-order valence-corrected chi connectivity index (χ0v) is 9.13. The zero-order valence-electron chi connectivity index (χ0n) is 6.73. The molecule has 1 heterocycles. The molecule has 11 heavy (non-hydrogen) atoms. The van der Waals surface area contributed by atoms with Crippen LogP contribution in [-0.4, -0.2) is 5.33 Å². The second-order valence-corrected chi connectivity index (χ2v) is 4.24. The van der Waals surface area contributed by atoms with Gasteiger partial charge in [-0.2, -0.15) is 0 Å². The van der Waals surface area contributed by atoms with E-state index in [-0.39, 0.29) is 0 Å². The summed E-state index contributed by atoms with van der Waals surface area (Å²) in [6.07, 6.45) is 2.22. The fraction of sp³-hybridized carbons (Fsp3) is 0.333. The Balaban J connectivity index is 2.86. The van der Waals surface area contributed by atoms with Gasteiger partial charge in [-0.3, -0.25) is 0 Å². The van der Waals surface area contributed by atoms with E-state index in [1.807, 2.05) is 0 Å². The average Bonchev–Trinajstić information content (AvgIpc) is 2.37. The van der Waals surface area contributed by atoms with Crippen molar-refractivity contribution in [2.75, 3.05) is 5.33 Å². The molecule has 0 aliphatic heterocycles. The molecule has 0 radical (unpaired) electrons. The Morgan fingerprint density at radius 3 is 2.91 bits per heavy atom. The smallest absolute Gasteiger partial charge is 0.0242 e. The summed E-state index contributed by atoms with van der Waals surface area (Å²) >= 11 is 5.22. The maximum Gasteiger partial charge on any atom is 0.0242 e. The molecule has 60 valence electrons. The number of thiophene rings is 1. The van der Waals surface area contributed by atoms with Crippen LogP contribution in [0.2, 0.25) is 0 Å². The molecular weight excluding hydrogens is 220 g/mol. The van der Waals surface area contributed by atoms with E-state index in [0.29, 0.717) is 0 Å². The van der Waals surface area contributed by atoms with Crippen LogP contribution >= 0.6 is 27.3 Å². The van der Waals surface area contributed by atoms with Gasteiger partial charge in [0.15, 0.2) is 0 Å². The van der Waals surface area contributed by atoms with Crippen molar-refractivity contribution < 1.29 is 0 Å². The van der Waals surface area contributed by atoms with Crippen molar-refractivity contribution in [3.63, 3.8) is 0 Å². The third-order valence-electron chi connectivity index (χ3n) is 1.51. The van der Waals surface area contributed by atoms with E-state index in [0.717, 1.165) is 5.33 Å². The molecule has 2 heteroatoms. The maximum absolute atomic E-state index is 3.42. The average molecular weight is 231 g/mol. The first-order chi connectivity index (χ1) is 5.24. The van der Waals surface area contributed by atoms with Crippen molar-refractivity contribution in [3.8, 4) is 0 Å². The fourth-order valence-electron chi connectivity index (χ4n) is 0.849. The Hall–Kier alpha value is -0.0800. The van der Waals surface area contributed by atoms with E-state index in [2.05, 4.69) is 47.3 Å². The summed E-state index contributed by atoms with van der Waals surface area (Å²) in [6.45, 7) is 4.28. The van der Waals surface area contributed by atoms with Crippen molar-refractivity contribution in [2.45, 2.75) is 13.8 Å². The summed E-state index contributed by atoms with van der Waals surface area (Å²) in [5.74, 6) is 0. The van der Waals surface area contributed by atoms with E-state index < -0.39 is 0 Å². The zero-order chi connectivity index (χ0) is 8.27. The van der Waals surface area contributed by atoms with E-state index in [1.165, 1.54) is 16.0 Å². The Morgan fingerprint density at radius 1 is 1.73 bits per heavy atom. The van der Waals surface area contributed by atoms with E-state index in [4.69, 9.17) is 0 Å². The monoisotopic (exact) mass is 230 g/mol. The normalized spacial score (nSPS) is 12.1. The third-order valence-corrected chi connectivity index (χ3v) is 3.26. The molecule has 0 aliphatic rings. The van der Waals surface area contributed by atoms with Gasteiger partial charge < -0.3 is 0 Å². The highest BCUT2D eigenvalue weighted by Crippen LogP contribution is 2.18. The van der Waals surface area contributed by atoms with E-state index in [1.54, 1.807) is 11.3 Å². The summed E-state index contributed by atoms with van der Waals surface area (Å²) in [5.41, 5.74) is 2.72. The minimum atomic E-state index is 0.961. The van der Waals surface area contributed by atoms with E-state index >= 15 is 0 Å². The van der Waals surface area contributed by atoms with Crippen LogP contribution in [-0.2, 0) is 0 Å². The van der Waals surface area contributed by atoms with E-state index in [9.17, 15) is 0 Å². The second kappa shape index (κ2) is 4.07. The lowest BCUT2D eigenvalue weighted by Gasteiger charge is -1.93. The van der Waals surface area contributed by atoms with Crippen LogP contribution in [0.15, 0.2) is 17.0 Å². The van der Waals surface area contributed by atoms with Crippen LogP contribution in [0, 0.1) is 6.92 Å². The molecule has 0 amide bonds. The lowest BCUT2D eigenvalue weighted by Crippen LogP contribution is -1.76.